The molecule has 0 fully saturated rings. The summed E-state index contributed by atoms with van der Waals surface area (Å²) in [4.78, 5) is 0. The molecule has 0 aliphatic rings. The molecule has 0 N–H and O–H groups in total. The van der Waals surface area contributed by atoms with E-state index in [4.69, 9.17) is 90.0 Å². The van der Waals surface area contributed by atoms with Crippen LogP contribution in [-0.2, 0) is 90.0 Å². The standard InChI is InChI=1S/C40H82O19S2/c60-39-37-58-35-33-56-31-29-54-27-25-52-23-21-50-19-17-48-15-13-46-11-9-44-7-5-42-3-1-41-2-4-43-6-8-45-10-12-47-14-16-49-18-20-51-22-24-53-26-28-55-30-32-57-34-36-59-38-40-61/h60-61H,1-40H2. The lowest BCUT2D eigenvalue weighted by molar-refractivity contribution is -0.0311. The van der Waals surface area contributed by atoms with Crippen molar-refractivity contribution < 1.29 is 90.0 Å². The van der Waals surface area contributed by atoms with Gasteiger partial charge in [-0.25, -0.2) is 0 Å². The lowest BCUT2D eigenvalue weighted by Crippen LogP contribution is -2.16. The first-order valence-corrected chi connectivity index (χ1v) is 22.9. The molecule has 0 amide bonds. The zero-order valence-corrected chi connectivity index (χ0v) is 38.7. The van der Waals surface area contributed by atoms with Crippen LogP contribution in [0.3, 0.4) is 0 Å². The molecule has 0 aromatic carbocycles. The highest BCUT2D eigenvalue weighted by molar-refractivity contribution is 7.80. The van der Waals surface area contributed by atoms with E-state index in [1.165, 1.54) is 0 Å². The molecule has 21 heteroatoms. The zero-order chi connectivity index (χ0) is 43.7. The Hall–Kier alpha value is -0.0600. The smallest absolute Gasteiger partial charge is 0.0701 e. The number of thiol groups is 2. The van der Waals surface area contributed by atoms with Gasteiger partial charge in [-0.15, -0.1) is 0 Å². The van der Waals surface area contributed by atoms with Crippen LogP contribution in [0.1, 0.15) is 0 Å². The van der Waals surface area contributed by atoms with Gasteiger partial charge in [0.15, 0.2) is 0 Å². The Kier molecular flexibility index (Phi) is 59.9. The topological polar surface area (TPSA) is 175 Å². The lowest BCUT2D eigenvalue weighted by atomic mass is 10.6. The van der Waals surface area contributed by atoms with Crippen LogP contribution in [0.25, 0.3) is 0 Å². The lowest BCUT2D eigenvalue weighted by Gasteiger charge is -2.09. The van der Waals surface area contributed by atoms with E-state index in [2.05, 4.69) is 25.3 Å². The second kappa shape index (κ2) is 59.9. The summed E-state index contributed by atoms with van der Waals surface area (Å²) >= 11 is 8.14. The average molecular weight is 931 g/mol. The van der Waals surface area contributed by atoms with Crippen molar-refractivity contribution in [2.24, 2.45) is 0 Å². The quantitative estimate of drug-likeness (QED) is 0.0657. The largest absolute Gasteiger partial charge is 0.378 e. The molecule has 0 saturated heterocycles. The Morgan fingerprint density at radius 1 is 0.115 bits per heavy atom. The summed E-state index contributed by atoms with van der Waals surface area (Å²) in [7, 11) is 0. The minimum Gasteiger partial charge on any atom is -0.378 e. The fourth-order valence-corrected chi connectivity index (χ4v) is 4.45. The highest BCUT2D eigenvalue weighted by Crippen LogP contribution is 1.90. The Labute approximate surface area is 376 Å². The van der Waals surface area contributed by atoms with Crippen LogP contribution in [-0.4, -0.2) is 263 Å². The van der Waals surface area contributed by atoms with Gasteiger partial charge in [-0.2, -0.15) is 25.3 Å². The van der Waals surface area contributed by atoms with Crippen molar-refractivity contribution in [3.63, 3.8) is 0 Å². The Balaban J connectivity index is 3.06. The van der Waals surface area contributed by atoms with E-state index in [0.717, 1.165) is 0 Å². The normalized spacial score (nSPS) is 11.7. The second-order valence-corrected chi connectivity index (χ2v) is 13.0. The highest BCUT2D eigenvalue weighted by Gasteiger charge is 1.99. The van der Waals surface area contributed by atoms with Gasteiger partial charge < -0.3 is 90.0 Å². The van der Waals surface area contributed by atoms with E-state index in [-0.39, 0.29) is 0 Å². The predicted octanol–water partition coefficient (Wildman–Crippen LogP) is 1.16. The summed E-state index contributed by atoms with van der Waals surface area (Å²) in [5, 5.41) is 0. The molecule has 0 aromatic heterocycles. The zero-order valence-electron chi connectivity index (χ0n) is 36.9. The maximum atomic E-state index is 5.51. The first-order valence-electron chi connectivity index (χ1n) is 21.6. The fraction of sp³-hybridized carbons (Fsp3) is 1.00. The number of rotatable bonds is 58. The molecule has 0 saturated carbocycles. The summed E-state index contributed by atoms with van der Waals surface area (Å²) in [6, 6.07) is 0. The van der Waals surface area contributed by atoms with Gasteiger partial charge in [-0.05, 0) is 0 Å². The fourth-order valence-electron chi connectivity index (χ4n) is 4.19. The van der Waals surface area contributed by atoms with Gasteiger partial charge in [0, 0.05) is 11.5 Å². The van der Waals surface area contributed by atoms with Crippen LogP contribution in [0.2, 0.25) is 0 Å². The molecule has 0 rings (SSSR count). The van der Waals surface area contributed by atoms with Crippen LogP contribution in [0, 0.1) is 0 Å². The highest BCUT2D eigenvalue weighted by atomic mass is 32.1. The molecule has 0 aromatic rings. The summed E-state index contributed by atoms with van der Waals surface area (Å²) in [5.41, 5.74) is 0. The monoisotopic (exact) mass is 930 g/mol. The summed E-state index contributed by atoms with van der Waals surface area (Å²) in [5.74, 6) is 1.43. The third kappa shape index (κ3) is 59.9. The summed E-state index contributed by atoms with van der Waals surface area (Å²) in [6.07, 6.45) is 0. The molecular formula is C40H82O19S2. The van der Waals surface area contributed by atoms with E-state index < -0.39 is 0 Å². The van der Waals surface area contributed by atoms with Gasteiger partial charge in [0.1, 0.15) is 0 Å². The Morgan fingerprint density at radius 2 is 0.180 bits per heavy atom. The van der Waals surface area contributed by atoms with E-state index in [0.29, 0.717) is 263 Å². The van der Waals surface area contributed by atoms with E-state index in [9.17, 15) is 0 Å². The second-order valence-electron chi connectivity index (χ2n) is 12.1. The minimum absolute atomic E-state index is 0.495. The molecule has 0 atom stereocenters. The van der Waals surface area contributed by atoms with Crippen molar-refractivity contribution in [1.82, 2.24) is 0 Å². The molecule has 0 aliphatic carbocycles. The van der Waals surface area contributed by atoms with Crippen LogP contribution < -0.4 is 0 Å². The number of hydrogen-bond acceptors (Lipinski definition) is 21. The van der Waals surface area contributed by atoms with Gasteiger partial charge in [-0.3, -0.25) is 0 Å². The molecule has 368 valence electrons. The van der Waals surface area contributed by atoms with Crippen LogP contribution in [0.4, 0.5) is 0 Å². The Bertz CT molecular complexity index is 702. The van der Waals surface area contributed by atoms with Crippen molar-refractivity contribution in [2.45, 2.75) is 0 Å². The van der Waals surface area contributed by atoms with Crippen LogP contribution in [0.5, 0.6) is 0 Å². The van der Waals surface area contributed by atoms with Gasteiger partial charge >= 0.3 is 0 Å². The van der Waals surface area contributed by atoms with Gasteiger partial charge in [0.25, 0.3) is 0 Å². The molecule has 0 bridgehead atoms. The van der Waals surface area contributed by atoms with E-state index in [1.54, 1.807) is 0 Å². The molecule has 0 spiro atoms. The summed E-state index contributed by atoms with van der Waals surface area (Å²) < 4.78 is 104. The van der Waals surface area contributed by atoms with Crippen molar-refractivity contribution in [3.05, 3.63) is 0 Å². The molecule has 0 unspecified atom stereocenters. The van der Waals surface area contributed by atoms with Gasteiger partial charge in [0.05, 0.1) is 251 Å². The van der Waals surface area contributed by atoms with Crippen molar-refractivity contribution in [1.29, 1.82) is 0 Å². The summed E-state index contributed by atoms with van der Waals surface area (Å²) in [6.45, 7) is 19.8. The molecule has 0 radical (unpaired) electrons. The Morgan fingerprint density at radius 3 is 0.246 bits per heavy atom. The van der Waals surface area contributed by atoms with Crippen molar-refractivity contribution in [3.8, 4) is 0 Å². The van der Waals surface area contributed by atoms with Crippen LogP contribution in [0.15, 0.2) is 0 Å². The first-order chi connectivity index (χ1) is 30.4. The van der Waals surface area contributed by atoms with Crippen LogP contribution >= 0.6 is 25.3 Å². The average Bonchev–Trinajstić information content (AvgIpc) is 3.27. The van der Waals surface area contributed by atoms with E-state index >= 15 is 0 Å². The van der Waals surface area contributed by atoms with Gasteiger partial charge in [-0.1, -0.05) is 0 Å². The maximum absolute atomic E-state index is 5.51. The van der Waals surface area contributed by atoms with Gasteiger partial charge in [0.2, 0.25) is 0 Å². The van der Waals surface area contributed by atoms with E-state index in [1.807, 2.05) is 0 Å². The SMILES string of the molecule is SCCOCCOCCOCCOCCOCCOCCOCCOCCOCCOCCOCCOCCOCCOCCOCCOCCOCCOCCOCCS. The predicted molar refractivity (Wildman–Crippen MR) is 233 cm³/mol. The molecule has 61 heavy (non-hydrogen) atoms. The minimum atomic E-state index is 0.495. The molecule has 0 aliphatic heterocycles. The third-order valence-electron chi connectivity index (χ3n) is 7.17. The first kappa shape index (κ1) is 60.9. The van der Waals surface area contributed by atoms with Crippen molar-refractivity contribution in [2.75, 3.05) is 263 Å². The maximum Gasteiger partial charge on any atom is 0.0701 e. The van der Waals surface area contributed by atoms with Crippen molar-refractivity contribution >= 4 is 25.3 Å². The third-order valence-corrected chi connectivity index (χ3v) is 7.53. The molecule has 19 nitrogen and oxygen atoms in total. The number of ether oxygens (including phenoxy) is 19. The molecular weight excluding hydrogens is 849 g/mol. The number of hydrogen-bond donors (Lipinski definition) is 2. The molecule has 0 heterocycles.